The summed E-state index contributed by atoms with van der Waals surface area (Å²) in [5.41, 5.74) is 1.50. The number of rotatable bonds is 6. The molecule has 1 saturated heterocycles. The molecule has 2 heterocycles. The fraction of sp³-hybridized carbons (Fsp3) is 0.333. The van der Waals surface area contributed by atoms with Crippen molar-refractivity contribution in [1.82, 2.24) is 9.88 Å². The zero-order valence-electron chi connectivity index (χ0n) is 15.9. The summed E-state index contributed by atoms with van der Waals surface area (Å²) in [4.78, 5) is 22.1. The first-order valence-corrected chi connectivity index (χ1v) is 10.6. The van der Waals surface area contributed by atoms with E-state index >= 15 is 0 Å². The van der Waals surface area contributed by atoms with Crippen molar-refractivity contribution < 1.29 is 9.53 Å². The van der Waals surface area contributed by atoms with Gasteiger partial charge in [-0.15, -0.1) is 12.4 Å². The first-order chi connectivity index (χ1) is 13.7. The van der Waals surface area contributed by atoms with Crippen molar-refractivity contribution in [2.24, 2.45) is 0 Å². The van der Waals surface area contributed by atoms with Crippen LogP contribution in [0.5, 0.6) is 0 Å². The second-order valence-electron chi connectivity index (χ2n) is 6.74. The van der Waals surface area contributed by atoms with Crippen molar-refractivity contribution in [3.63, 3.8) is 0 Å². The molecule has 1 amide bonds. The minimum atomic E-state index is -0.0662. The average molecular weight is 452 g/mol. The van der Waals surface area contributed by atoms with Crippen LogP contribution in [0.2, 0.25) is 5.02 Å². The molecule has 0 radical (unpaired) electrons. The lowest BCUT2D eigenvalue weighted by Gasteiger charge is -2.27. The Bertz CT molecular complexity index is 927. The normalized spacial score (nSPS) is 14.5. The van der Waals surface area contributed by atoms with Crippen LogP contribution in [0.1, 0.15) is 16.8 Å². The Balaban J connectivity index is 0.00000240. The largest absolute Gasteiger partial charge is 0.379 e. The highest BCUT2D eigenvalue weighted by atomic mass is 35.5. The number of thiazole rings is 1. The van der Waals surface area contributed by atoms with Gasteiger partial charge in [0.15, 0.2) is 5.13 Å². The number of hydrogen-bond donors (Lipinski definition) is 0. The van der Waals surface area contributed by atoms with Crippen molar-refractivity contribution in [1.29, 1.82) is 0 Å². The highest BCUT2D eigenvalue weighted by molar-refractivity contribution is 7.22. The van der Waals surface area contributed by atoms with E-state index in [4.69, 9.17) is 21.3 Å². The number of amides is 1. The lowest BCUT2D eigenvalue weighted by atomic mass is 10.2. The molecule has 0 N–H and O–H groups in total. The van der Waals surface area contributed by atoms with E-state index in [0.29, 0.717) is 17.1 Å². The van der Waals surface area contributed by atoms with Gasteiger partial charge in [-0.2, -0.15) is 0 Å². The summed E-state index contributed by atoms with van der Waals surface area (Å²) in [6.07, 6.45) is 0.877. The maximum Gasteiger partial charge on any atom is 0.260 e. The minimum Gasteiger partial charge on any atom is -0.379 e. The maximum atomic E-state index is 13.3. The maximum absolute atomic E-state index is 13.3. The fourth-order valence-corrected chi connectivity index (χ4v) is 4.49. The first kappa shape index (κ1) is 22.0. The Kier molecular flexibility index (Phi) is 7.86. The number of aromatic nitrogens is 1. The topological polar surface area (TPSA) is 45.7 Å². The van der Waals surface area contributed by atoms with Crippen LogP contribution in [0.15, 0.2) is 48.5 Å². The van der Waals surface area contributed by atoms with Crippen molar-refractivity contribution in [2.45, 2.75) is 6.42 Å². The highest BCUT2D eigenvalue weighted by Gasteiger charge is 2.22. The highest BCUT2D eigenvalue weighted by Crippen LogP contribution is 2.30. The van der Waals surface area contributed by atoms with E-state index in [9.17, 15) is 4.79 Å². The van der Waals surface area contributed by atoms with Gasteiger partial charge < -0.3 is 4.74 Å². The smallest absolute Gasteiger partial charge is 0.260 e. The van der Waals surface area contributed by atoms with Crippen LogP contribution in [0.4, 0.5) is 5.13 Å². The molecule has 0 saturated carbocycles. The summed E-state index contributed by atoms with van der Waals surface area (Å²) in [6.45, 7) is 5.01. The summed E-state index contributed by atoms with van der Waals surface area (Å²) in [5, 5.41) is 1.29. The summed E-state index contributed by atoms with van der Waals surface area (Å²) in [7, 11) is 0. The predicted molar refractivity (Wildman–Crippen MR) is 122 cm³/mol. The van der Waals surface area contributed by atoms with Gasteiger partial charge in [0.2, 0.25) is 0 Å². The van der Waals surface area contributed by atoms with Crippen LogP contribution in [0.3, 0.4) is 0 Å². The Morgan fingerprint density at radius 1 is 1.17 bits per heavy atom. The SMILES string of the molecule is Cl.O=C(c1cccc(Cl)c1)N(CCCN1CCOCC1)c1nc2ccccc2s1. The molecule has 0 aliphatic carbocycles. The van der Waals surface area contributed by atoms with E-state index in [-0.39, 0.29) is 18.3 Å². The standard InChI is InChI=1S/C21H22ClN3O2S.ClH/c22-17-6-3-5-16(15-17)20(26)25(10-4-9-24-11-13-27-14-12-24)21-23-18-7-1-2-8-19(18)28-21;/h1-3,5-8,15H,4,9-14H2;1H. The number of para-hydroxylation sites is 1. The number of anilines is 1. The van der Waals surface area contributed by atoms with Crippen LogP contribution in [0, 0.1) is 0 Å². The molecule has 3 aromatic rings. The molecule has 2 aromatic carbocycles. The van der Waals surface area contributed by atoms with Gasteiger partial charge >= 0.3 is 0 Å². The lowest BCUT2D eigenvalue weighted by Crippen LogP contribution is -2.39. The van der Waals surface area contributed by atoms with Crippen LogP contribution in [-0.4, -0.2) is 55.2 Å². The van der Waals surface area contributed by atoms with Crippen molar-refractivity contribution in [2.75, 3.05) is 44.3 Å². The molecule has 1 fully saturated rings. The van der Waals surface area contributed by atoms with Crippen LogP contribution in [-0.2, 0) is 4.74 Å². The molecule has 0 atom stereocenters. The molecule has 1 aliphatic rings. The third kappa shape index (κ3) is 5.47. The summed E-state index contributed by atoms with van der Waals surface area (Å²) >= 11 is 7.65. The number of carbonyl (C=O) groups is 1. The van der Waals surface area contributed by atoms with Gasteiger partial charge in [-0.3, -0.25) is 14.6 Å². The van der Waals surface area contributed by atoms with Crippen LogP contribution >= 0.6 is 35.3 Å². The van der Waals surface area contributed by atoms with E-state index < -0.39 is 0 Å². The predicted octanol–water partition coefficient (Wildman–Crippen LogP) is 4.74. The summed E-state index contributed by atoms with van der Waals surface area (Å²) < 4.78 is 6.49. The number of nitrogens with zero attached hydrogens (tertiary/aromatic N) is 3. The number of ether oxygens (including phenoxy) is 1. The molecule has 154 valence electrons. The van der Waals surface area contributed by atoms with Gasteiger partial charge in [0, 0.05) is 36.8 Å². The Hall–Kier alpha value is -1.70. The average Bonchev–Trinajstić information content (AvgIpc) is 3.15. The Morgan fingerprint density at radius 2 is 1.97 bits per heavy atom. The fourth-order valence-electron chi connectivity index (χ4n) is 3.31. The van der Waals surface area contributed by atoms with E-state index in [1.807, 2.05) is 24.3 Å². The zero-order chi connectivity index (χ0) is 19.3. The van der Waals surface area contributed by atoms with Crippen molar-refractivity contribution in [3.05, 3.63) is 59.1 Å². The molecule has 4 rings (SSSR count). The van der Waals surface area contributed by atoms with Gasteiger partial charge in [-0.25, -0.2) is 4.98 Å². The van der Waals surface area contributed by atoms with Gasteiger partial charge in [0.25, 0.3) is 5.91 Å². The van der Waals surface area contributed by atoms with Crippen LogP contribution < -0.4 is 4.90 Å². The molecule has 1 aliphatic heterocycles. The van der Waals surface area contributed by atoms with Crippen LogP contribution in [0.25, 0.3) is 10.2 Å². The van der Waals surface area contributed by atoms with Gasteiger partial charge in [-0.05, 0) is 36.8 Å². The summed E-state index contributed by atoms with van der Waals surface area (Å²) in [5.74, 6) is -0.0662. The lowest BCUT2D eigenvalue weighted by molar-refractivity contribution is 0.0376. The molecule has 8 heteroatoms. The quantitative estimate of drug-likeness (QED) is 0.542. The molecule has 0 bridgehead atoms. The zero-order valence-corrected chi connectivity index (χ0v) is 18.3. The van der Waals surface area contributed by atoms with Gasteiger partial charge in [0.1, 0.15) is 0 Å². The molecule has 1 aromatic heterocycles. The van der Waals surface area contributed by atoms with E-state index in [2.05, 4.69) is 4.90 Å². The van der Waals surface area contributed by atoms with E-state index in [1.54, 1.807) is 40.5 Å². The minimum absolute atomic E-state index is 0. The first-order valence-electron chi connectivity index (χ1n) is 9.44. The third-order valence-electron chi connectivity index (χ3n) is 4.79. The number of fused-ring (bicyclic) bond motifs is 1. The number of hydrogen-bond acceptors (Lipinski definition) is 5. The Morgan fingerprint density at radius 3 is 2.72 bits per heavy atom. The third-order valence-corrected chi connectivity index (χ3v) is 6.08. The molecular weight excluding hydrogens is 429 g/mol. The van der Waals surface area contributed by atoms with Crippen molar-refractivity contribution >= 4 is 56.6 Å². The molecule has 5 nitrogen and oxygen atoms in total. The van der Waals surface area contributed by atoms with E-state index in [1.165, 1.54) is 0 Å². The second-order valence-corrected chi connectivity index (χ2v) is 8.18. The number of morpholine rings is 1. The monoisotopic (exact) mass is 451 g/mol. The van der Waals surface area contributed by atoms with Gasteiger partial charge in [-0.1, -0.05) is 41.1 Å². The summed E-state index contributed by atoms with van der Waals surface area (Å²) in [6, 6.07) is 15.1. The van der Waals surface area contributed by atoms with E-state index in [0.717, 1.165) is 54.6 Å². The number of halogens is 2. The Labute approximate surface area is 185 Å². The molecule has 0 unspecified atom stereocenters. The molecule has 0 spiro atoms. The molecule has 29 heavy (non-hydrogen) atoms. The molecular formula is C21H23Cl2N3O2S. The van der Waals surface area contributed by atoms with Crippen molar-refractivity contribution in [3.8, 4) is 0 Å². The second kappa shape index (κ2) is 10.4. The number of benzene rings is 2. The number of carbonyl (C=O) groups excluding carboxylic acids is 1. The van der Waals surface area contributed by atoms with Gasteiger partial charge in [0.05, 0.1) is 23.4 Å².